The molecule has 1 aliphatic rings. The van der Waals surface area contributed by atoms with Crippen molar-refractivity contribution in [2.45, 2.75) is 18.2 Å². The first-order chi connectivity index (χ1) is 10.0. The summed E-state index contributed by atoms with van der Waals surface area (Å²) in [6, 6.07) is 5.66. The SMILES string of the molecule is CC#CCOc1ccc(C2=[C-]CC(Br)C(=O)N2C)c(Br)c1.[Y]. The van der Waals surface area contributed by atoms with E-state index in [1.807, 2.05) is 18.2 Å². The van der Waals surface area contributed by atoms with Gasteiger partial charge in [0.1, 0.15) is 12.4 Å². The van der Waals surface area contributed by atoms with Gasteiger partial charge in [-0.25, -0.2) is 6.08 Å². The first-order valence-electron chi connectivity index (χ1n) is 6.39. The van der Waals surface area contributed by atoms with Crippen LogP contribution >= 0.6 is 31.9 Å². The molecule has 0 saturated carbocycles. The molecule has 1 aliphatic heterocycles. The standard InChI is InChI=1S/C16H14Br2NO2.Y/c1-3-4-9-21-11-5-6-12(14(18)10-11)15-8-7-13(17)16(20)19(15)2;/h5-6,10,13H,7,9H2,1-2H3;/q-1;. The summed E-state index contributed by atoms with van der Waals surface area (Å²) in [7, 11) is 1.76. The number of allylic oxidation sites excluding steroid dienone is 1. The van der Waals surface area contributed by atoms with E-state index in [0.29, 0.717) is 13.0 Å². The van der Waals surface area contributed by atoms with E-state index in [2.05, 4.69) is 49.8 Å². The van der Waals surface area contributed by atoms with Crippen molar-refractivity contribution in [3.05, 3.63) is 34.3 Å². The third-order valence-corrected chi connectivity index (χ3v) is 4.44. The van der Waals surface area contributed by atoms with Crippen molar-refractivity contribution in [3.8, 4) is 17.6 Å². The van der Waals surface area contributed by atoms with E-state index in [-0.39, 0.29) is 43.4 Å². The zero-order valence-electron chi connectivity index (χ0n) is 12.3. The average molecular weight is 501 g/mol. The number of amides is 1. The number of ether oxygens (including phenoxy) is 1. The van der Waals surface area contributed by atoms with Gasteiger partial charge in [-0.1, -0.05) is 48.7 Å². The van der Waals surface area contributed by atoms with E-state index in [1.54, 1.807) is 18.9 Å². The smallest absolute Gasteiger partial charge is 0.236 e. The van der Waals surface area contributed by atoms with Crippen LogP contribution in [-0.4, -0.2) is 29.3 Å². The summed E-state index contributed by atoms with van der Waals surface area (Å²) < 4.78 is 6.37. The molecule has 113 valence electrons. The first kappa shape index (κ1) is 19.9. The molecule has 6 heteroatoms. The number of halogens is 2. The topological polar surface area (TPSA) is 29.5 Å². The van der Waals surface area contributed by atoms with Crippen LogP contribution in [0.2, 0.25) is 0 Å². The third kappa shape index (κ3) is 4.67. The molecule has 1 unspecified atom stereocenters. The van der Waals surface area contributed by atoms with E-state index in [1.165, 1.54) is 0 Å². The second kappa shape index (κ2) is 9.22. The molecule has 0 spiro atoms. The molecule has 0 aliphatic carbocycles. The molecule has 0 N–H and O–H groups in total. The maximum Gasteiger partial charge on any atom is 0.236 e. The van der Waals surface area contributed by atoms with Crippen LogP contribution in [0.4, 0.5) is 0 Å². The van der Waals surface area contributed by atoms with Gasteiger partial charge in [-0.05, 0) is 19.1 Å². The van der Waals surface area contributed by atoms with Crippen molar-refractivity contribution < 1.29 is 42.2 Å². The minimum atomic E-state index is -0.194. The molecular formula is C16H14Br2NO2Y-. The Morgan fingerprint density at radius 2 is 2.23 bits per heavy atom. The Labute approximate surface area is 173 Å². The molecule has 1 aromatic rings. The van der Waals surface area contributed by atoms with Crippen LogP contribution in [0, 0.1) is 17.9 Å². The van der Waals surface area contributed by atoms with Gasteiger partial charge in [-0.2, -0.15) is 0 Å². The Morgan fingerprint density at radius 1 is 1.50 bits per heavy atom. The fourth-order valence-corrected chi connectivity index (χ4v) is 2.97. The van der Waals surface area contributed by atoms with Crippen LogP contribution in [0.5, 0.6) is 5.75 Å². The van der Waals surface area contributed by atoms with Gasteiger partial charge in [-0.3, -0.25) is 4.79 Å². The quantitative estimate of drug-likeness (QED) is 0.360. The monoisotopic (exact) mass is 499 g/mol. The van der Waals surface area contributed by atoms with Gasteiger partial charge < -0.3 is 9.64 Å². The normalized spacial score (nSPS) is 17.1. The maximum atomic E-state index is 12.0. The Hall–Kier alpha value is -0.146. The summed E-state index contributed by atoms with van der Waals surface area (Å²) in [5.74, 6) is 6.40. The number of carbonyl (C=O) groups is 1. The molecule has 1 atom stereocenters. The van der Waals surface area contributed by atoms with Gasteiger partial charge in [0.2, 0.25) is 5.91 Å². The summed E-state index contributed by atoms with van der Waals surface area (Å²) in [6.45, 7) is 2.14. The van der Waals surface area contributed by atoms with Crippen LogP contribution in [0.1, 0.15) is 18.9 Å². The Morgan fingerprint density at radius 3 is 2.86 bits per heavy atom. The van der Waals surface area contributed by atoms with Crippen molar-refractivity contribution in [1.82, 2.24) is 4.90 Å². The first-order valence-corrected chi connectivity index (χ1v) is 8.10. The zero-order chi connectivity index (χ0) is 15.4. The predicted octanol–water partition coefficient (Wildman–Crippen LogP) is 3.62. The maximum absolute atomic E-state index is 12.0. The van der Waals surface area contributed by atoms with Crippen molar-refractivity contribution >= 4 is 43.5 Å². The van der Waals surface area contributed by atoms with E-state index in [0.717, 1.165) is 21.5 Å². The number of nitrogens with zero attached hydrogens (tertiary/aromatic N) is 1. The number of hydrogen-bond donors (Lipinski definition) is 0. The summed E-state index contributed by atoms with van der Waals surface area (Å²) in [6.07, 6.45) is 3.82. The van der Waals surface area contributed by atoms with E-state index >= 15 is 0 Å². The molecule has 2 rings (SSSR count). The van der Waals surface area contributed by atoms with Crippen LogP contribution < -0.4 is 4.74 Å². The van der Waals surface area contributed by atoms with Gasteiger partial charge >= 0.3 is 0 Å². The molecule has 0 bridgehead atoms. The fourth-order valence-electron chi connectivity index (χ4n) is 1.96. The van der Waals surface area contributed by atoms with E-state index < -0.39 is 0 Å². The number of benzene rings is 1. The number of rotatable bonds is 3. The molecule has 1 heterocycles. The van der Waals surface area contributed by atoms with Gasteiger partial charge in [-0.15, -0.1) is 23.2 Å². The van der Waals surface area contributed by atoms with Crippen LogP contribution in [0.3, 0.4) is 0 Å². The van der Waals surface area contributed by atoms with E-state index in [4.69, 9.17) is 4.74 Å². The van der Waals surface area contributed by atoms with Gasteiger partial charge in [0.05, 0.1) is 4.83 Å². The van der Waals surface area contributed by atoms with Crippen LogP contribution in [0.15, 0.2) is 22.7 Å². The molecule has 1 aromatic carbocycles. The number of hydrogen-bond acceptors (Lipinski definition) is 2. The molecule has 22 heavy (non-hydrogen) atoms. The van der Waals surface area contributed by atoms with Crippen molar-refractivity contribution in [1.29, 1.82) is 0 Å². The van der Waals surface area contributed by atoms with Gasteiger partial charge in [0.15, 0.2) is 0 Å². The second-order valence-corrected chi connectivity index (χ2v) is 6.41. The Bertz CT molecular complexity index is 649. The fraction of sp³-hybridized carbons (Fsp3) is 0.312. The number of carbonyl (C=O) groups excluding carboxylic acids is 1. The minimum Gasteiger partial charge on any atom is -0.481 e. The summed E-state index contributed by atoms with van der Waals surface area (Å²) in [4.78, 5) is 13.4. The molecule has 3 nitrogen and oxygen atoms in total. The zero-order valence-corrected chi connectivity index (χ0v) is 18.3. The van der Waals surface area contributed by atoms with Crippen LogP contribution in [-0.2, 0) is 37.5 Å². The minimum absolute atomic E-state index is 0. The van der Waals surface area contributed by atoms with Gasteiger partial charge in [0, 0.05) is 39.8 Å². The molecular weight excluding hydrogens is 487 g/mol. The van der Waals surface area contributed by atoms with Crippen LogP contribution in [0.25, 0.3) is 5.70 Å². The predicted molar refractivity (Wildman–Crippen MR) is 89.8 cm³/mol. The van der Waals surface area contributed by atoms with E-state index in [9.17, 15) is 4.79 Å². The number of alkyl halides is 1. The summed E-state index contributed by atoms with van der Waals surface area (Å²) >= 11 is 6.88. The van der Waals surface area contributed by atoms with Crippen molar-refractivity contribution in [3.63, 3.8) is 0 Å². The largest absolute Gasteiger partial charge is 0.481 e. The Kier molecular flexibility index (Phi) is 8.34. The van der Waals surface area contributed by atoms with Crippen molar-refractivity contribution in [2.75, 3.05) is 13.7 Å². The molecule has 0 aromatic heterocycles. The van der Waals surface area contributed by atoms with Gasteiger partial charge in [0.25, 0.3) is 0 Å². The third-order valence-electron chi connectivity index (χ3n) is 3.07. The summed E-state index contributed by atoms with van der Waals surface area (Å²) in [5.41, 5.74) is 1.70. The Balaban J connectivity index is 0.00000242. The average Bonchev–Trinajstić information content (AvgIpc) is 2.46. The molecule has 0 saturated heterocycles. The second-order valence-electron chi connectivity index (χ2n) is 4.45. The molecule has 1 amide bonds. The molecule has 0 fully saturated rings. The molecule has 1 radical (unpaired) electrons. The summed E-state index contributed by atoms with van der Waals surface area (Å²) in [5, 5.41) is 0. The van der Waals surface area contributed by atoms with Crippen molar-refractivity contribution in [2.24, 2.45) is 0 Å².